The van der Waals surface area contributed by atoms with Crippen LogP contribution >= 0.6 is 0 Å². The molecule has 0 aromatic heterocycles. The molecule has 3 rings (SSSR count). The summed E-state index contributed by atoms with van der Waals surface area (Å²) in [5.41, 5.74) is 3.14. The van der Waals surface area contributed by atoms with Crippen molar-refractivity contribution >= 4 is 0 Å². The molecule has 3 heteroatoms. The summed E-state index contributed by atoms with van der Waals surface area (Å²) < 4.78 is 0. The molecule has 1 saturated carbocycles. The number of aliphatic hydroxyl groups excluding tert-OH is 2. The number of aliphatic hydroxyl groups is 2. The molecule has 1 aliphatic carbocycles. The molecule has 2 aromatic rings. The number of nitrogens with one attached hydrogen (secondary N) is 1. The Labute approximate surface area is 196 Å². The smallest absolute Gasteiger partial charge is 0.0590 e. The second kappa shape index (κ2) is 13.8. The molecule has 3 nitrogen and oxygen atoms in total. The lowest BCUT2D eigenvalue weighted by atomic mass is 9.64. The van der Waals surface area contributed by atoms with Crippen molar-refractivity contribution < 1.29 is 10.2 Å². The Morgan fingerprint density at radius 3 is 1.78 bits per heavy atom. The van der Waals surface area contributed by atoms with Crippen LogP contribution in [0.2, 0.25) is 0 Å². The molecule has 0 aliphatic heterocycles. The van der Waals surface area contributed by atoms with Crippen molar-refractivity contribution in [1.82, 2.24) is 5.32 Å². The van der Waals surface area contributed by atoms with Crippen LogP contribution in [0.25, 0.3) is 0 Å². The molecule has 0 heterocycles. The van der Waals surface area contributed by atoms with E-state index >= 15 is 0 Å². The van der Waals surface area contributed by atoms with Gasteiger partial charge in [-0.1, -0.05) is 94.8 Å². The maximum absolute atomic E-state index is 9.35. The summed E-state index contributed by atoms with van der Waals surface area (Å²) in [6.07, 6.45) is 7.30. The maximum atomic E-state index is 9.35. The summed E-state index contributed by atoms with van der Waals surface area (Å²) in [7, 11) is 0. The number of rotatable bonds is 9. The Morgan fingerprint density at radius 2 is 1.41 bits per heavy atom. The Hall–Kier alpha value is -1.68. The Bertz CT molecular complexity index is 678. The SMILES string of the molecule is CC(C)NC1CCC(c2ccccc2)(c2ccccc2)CC1.CCCC(O)C(CC)CO. The molecule has 178 valence electrons. The Morgan fingerprint density at radius 1 is 0.906 bits per heavy atom. The van der Waals surface area contributed by atoms with Gasteiger partial charge in [0.1, 0.15) is 0 Å². The summed E-state index contributed by atoms with van der Waals surface area (Å²) in [5.74, 6) is 0.0833. The first kappa shape index (κ1) is 26.6. The standard InChI is InChI=1S/C21H27N.C8H18O2/c1-17(2)22-20-13-15-21(16-14-20,18-9-5-3-6-10-18)19-11-7-4-8-12-19;1-3-5-8(10)7(4-2)6-9/h3-12,17,20,22H,13-16H2,1-2H3;7-10H,3-6H2,1-2H3. The fourth-order valence-electron chi connectivity index (χ4n) is 5.06. The lowest BCUT2D eigenvalue weighted by Crippen LogP contribution is -2.42. The summed E-state index contributed by atoms with van der Waals surface area (Å²) in [5, 5.41) is 21.8. The summed E-state index contributed by atoms with van der Waals surface area (Å²) in [6, 6.07) is 23.4. The molecule has 2 atom stereocenters. The zero-order valence-electron chi connectivity index (χ0n) is 20.6. The largest absolute Gasteiger partial charge is 0.396 e. The van der Waals surface area contributed by atoms with Gasteiger partial charge in [0.25, 0.3) is 0 Å². The van der Waals surface area contributed by atoms with E-state index in [-0.39, 0.29) is 24.0 Å². The first-order valence-electron chi connectivity index (χ1n) is 12.6. The predicted octanol–water partition coefficient (Wildman–Crippen LogP) is 6.08. The minimum Gasteiger partial charge on any atom is -0.396 e. The first-order valence-corrected chi connectivity index (χ1v) is 12.6. The van der Waals surface area contributed by atoms with Crippen molar-refractivity contribution in [3.8, 4) is 0 Å². The highest BCUT2D eigenvalue weighted by atomic mass is 16.3. The number of hydrogen-bond donors (Lipinski definition) is 3. The van der Waals surface area contributed by atoms with Crippen molar-refractivity contribution in [2.45, 2.75) is 96.2 Å². The van der Waals surface area contributed by atoms with Crippen molar-refractivity contribution in [2.75, 3.05) is 6.61 Å². The van der Waals surface area contributed by atoms with E-state index in [1.807, 2.05) is 13.8 Å². The third-order valence-electron chi connectivity index (χ3n) is 6.95. The fraction of sp³-hybridized carbons (Fsp3) is 0.586. The van der Waals surface area contributed by atoms with Crippen LogP contribution in [0.4, 0.5) is 0 Å². The van der Waals surface area contributed by atoms with Crippen molar-refractivity contribution in [3.05, 3.63) is 71.8 Å². The minimum absolute atomic E-state index is 0.0833. The Balaban J connectivity index is 0.000000309. The molecular weight excluding hydrogens is 394 g/mol. The van der Waals surface area contributed by atoms with Crippen molar-refractivity contribution in [3.63, 3.8) is 0 Å². The van der Waals surface area contributed by atoms with Crippen LogP contribution in [0.15, 0.2) is 60.7 Å². The van der Waals surface area contributed by atoms with Gasteiger partial charge in [-0.05, 0) is 49.7 Å². The average Bonchev–Trinajstić information content (AvgIpc) is 2.82. The molecule has 0 radical (unpaired) electrons. The van der Waals surface area contributed by atoms with Crippen molar-refractivity contribution in [1.29, 1.82) is 0 Å². The molecule has 0 spiro atoms. The lowest BCUT2D eigenvalue weighted by Gasteiger charge is -2.42. The van der Waals surface area contributed by atoms with E-state index in [1.165, 1.54) is 36.8 Å². The molecule has 0 bridgehead atoms. The Kier molecular flexibility index (Phi) is 11.4. The summed E-state index contributed by atoms with van der Waals surface area (Å²) in [4.78, 5) is 0. The van der Waals surface area contributed by atoms with Crippen LogP contribution in [0, 0.1) is 5.92 Å². The molecule has 32 heavy (non-hydrogen) atoms. The zero-order valence-corrected chi connectivity index (χ0v) is 20.6. The van der Waals surface area contributed by atoms with Gasteiger partial charge in [-0.25, -0.2) is 0 Å². The van der Waals surface area contributed by atoms with Crippen molar-refractivity contribution in [2.24, 2.45) is 5.92 Å². The van der Waals surface area contributed by atoms with E-state index in [9.17, 15) is 5.11 Å². The summed E-state index contributed by atoms with van der Waals surface area (Å²) >= 11 is 0. The second-order valence-corrected chi connectivity index (χ2v) is 9.62. The molecule has 2 unspecified atom stereocenters. The van der Waals surface area contributed by atoms with E-state index < -0.39 is 0 Å². The van der Waals surface area contributed by atoms with Gasteiger partial charge in [0, 0.05) is 30.0 Å². The van der Waals surface area contributed by atoms with Gasteiger partial charge in [0.15, 0.2) is 0 Å². The van der Waals surface area contributed by atoms with Gasteiger partial charge in [0.2, 0.25) is 0 Å². The molecule has 3 N–H and O–H groups in total. The van der Waals surface area contributed by atoms with Gasteiger partial charge in [-0.2, -0.15) is 0 Å². The van der Waals surface area contributed by atoms with E-state index in [2.05, 4.69) is 79.8 Å². The molecular formula is C29H45NO2. The van der Waals surface area contributed by atoms with Crippen LogP contribution in [-0.2, 0) is 5.41 Å². The number of hydrogen-bond acceptors (Lipinski definition) is 3. The third kappa shape index (κ3) is 7.43. The maximum Gasteiger partial charge on any atom is 0.0590 e. The van der Waals surface area contributed by atoms with Gasteiger partial charge >= 0.3 is 0 Å². The highest BCUT2D eigenvalue weighted by Gasteiger charge is 2.38. The van der Waals surface area contributed by atoms with E-state index in [4.69, 9.17) is 5.11 Å². The lowest BCUT2D eigenvalue weighted by molar-refractivity contribution is 0.0584. The fourth-order valence-corrected chi connectivity index (χ4v) is 5.06. The highest BCUT2D eigenvalue weighted by Crippen LogP contribution is 2.44. The van der Waals surface area contributed by atoms with Crippen LogP contribution in [0.5, 0.6) is 0 Å². The van der Waals surface area contributed by atoms with Crippen LogP contribution in [0.3, 0.4) is 0 Å². The topological polar surface area (TPSA) is 52.5 Å². The van der Waals surface area contributed by atoms with Gasteiger partial charge in [-0.3, -0.25) is 0 Å². The minimum atomic E-state index is -0.306. The third-order valence-corrected chi connectivity index (χ3v) is 6.95. The average molecular weight is 440 g/mol. The number of benzene rings is 2. The molecule has 0 amide bonds. The quantitative estimate of drug-likeness (QED) is 0.444. The van der Waals surface area contributed by atoms with Crippen LogP contribution in [0.1, 0.15) is 83.8 Å². The van der Waals surface area contributed by atoms with Crippen LogP contribution in [-0.4, -0.2) is 35.0 Å². The zero-order chi connectivity index (χ0) is 23.4. The summed E-state index contributed by atoms with van der Waals surface area (Å²) in [6.45, 7) is 8.62. The van der Waals surface area contributed by atoms with Gasteiger partial charge < -0.3 is 15.5 Å². The normalized spacial score (nSPS) is 18.0. The van der Waals surface area contributed by atoms with E-state index in [0.29, 0.717) is 12.1 Å². The van der Waals surface area contributed by atoms with Gasteiger partial charge in [-0.15, -0.1) is 0 Å². The molecule has 2 aromatic carbocycles. The monoisotopic (exact) mass is 439 g/mol. The van der Waals surface area contributed by atoms with Crippen LogP contribution < -0.4 is 5.32 Å². The predicted molar refractivity (Wildman–Crippen MR) is 136 cm³/mol. The first-order chi connectivity index (χ1) is 15.5. The van der Waals surface area contributed by atoms with Gasteiger partial charge in [0.05, 0.1) is 6.10 Å². The molecule has 1 fully saturated rings. The molecule has 1 aliphatic rings. The van der Waals surface area contributed by atoms with E-state index in [1.54, 1.807) is 0 Å². The highest BCUT2D eigenvalue weighted by molar-refractivity contribution is 5.40. The van der Waals surface area contributed by atoms with E-state index in [0.717, 1.165) is 19.3 Å². The second-order valence-electron chi connectivity index (χ2n) is 9.62. The molecule has 0 saturated heterocycles.